The van der Waals surface area contributed by atoms with Crippen molar-refractivity contribution in [1.82, 2.24) is 20.2 Å². The van der Waals surface area contributed by atoms with E-state index in [0.29, 0.717) is 23.1 Å². The number of nitrogens with zero attached hydrogens (tertiary/aromatic N) is 3. The average Bonchev–Trinajstić information content (AvgIpc) is 3.20. The quantitative estimate of drug-likeness (QED) is 0.541. The molecule has 0 aliphatic rings. The lowest BCUT2D eigenvalue weighted by atomic mass is 9.95. The van der Waals surface area contributed by atoms with Crippen LogP contribution >= 0.6 is 15.9 Å². The van der Waals surface area contributed by atoms with E-state index in [1.807, 2.05) is 25.1 Å². The summed E-state index contributed by atoms with van der Waals surface area (Å²) in [4.78, 5) is 6.98. The number of nitrogen functional groups attached to an aromatic ring is 1. The molecule has 0 bridgehead atoms. The molecule has 2 aromatic heterocycles. The van der Waals surface area contributed by atoms with Crippen LogP contribution in [0.1, 0.15) is 16.7 Å². The van der Waals surface area contributed by atoms with Crippen LogP contribution in [-0.2, 0) is 6.42 Å². The SMILES string of the molecule is Cc1cc(Br)ccc1Cc1c(-c2nnc(N)o2)cc2[nH]cnc2c1F. The lowest BCUT2D eigenvalue weighted by molar-refractivity contribution is 0.585. The van der Waals surface area contributed by atoms with E-state index in [-0.39, 0.29) is 17.4 Å². The van der Waals surface area contributed by atoms with Crippen LogP contribution in [0.15, 0.2) is 39.5 Å². The Morgan fingerprint density at radius 2 is 2.12 bits per heavy atom. The van der Waals surface area contributed by atoms with Gasteiger partial charge in [-0.1, -0.05) is 27.1 Å². The van der Waals surface area contributed by atoms with Gasteiger partial charge in [0.05, 0.1) is 11.8 Å². The molecule has 126 valence electrons. The highest BCUT2D eigenvalue weighted by Gasteiger charge is 2.21. The second kappa shape index (κ2) is 5.96. The number of imidazole rings is 1. The van der Waals surface area contributed by atoms with Gasteiger partial charge in [0, 0.05) is 22.0 Å². The Hall–Kier alpha value is -2.74. The second-order valence-electron chi connectivity index (χ2n) is 5.71. The van der Waals surface area contributed by atoms with Crippen molar-refractivity contribution < 1.29 is 8.81 Å². The minimum atomic E-state index is -0.409. The van der Waals surface area contributed by atoms with Gasteiger partial charge in [-0.15, -0.1) is 5.10 Å². The van der Waals surface area contributed by atoms with Crippen LogP contribution in [0, 0.1) is 12.7 Å². The molecule has 6 nitrogen and oxygen atoms in total. The molecule has 0 atom stereocenters. The molecule has 0 aliphatic carbocycles. The number of aromatic amines is 1. The van der Waals surface area contributed by atoms with Gasteiger partial charge in [-0.3, -0.25) is 0 Å². The fraction of sp³-hybridized carbons (Fsp3) is 0.118. The smallest absolute Gasteiger partial charge is 0.313 e. The van der Waals surface area contributed by atoms with E-state index in [1.165, 1.54) is 6.33 Å². The van der Waals surface area contributed by atoms with Crippen molar-refractivity contribution in [2.24, 2.45) is 0 Å². The van der Waals surface area contributed by atoms with Crippen molar-refractivity contribution in [3.05, 3.63) is 57.6 Å². The number of nitrogens with two attached hydrogens (primary N) is 1. The fourth-order valence-corrected chi connectivity index (χ4v) is 3.31. The minimum absolute atomic E-state index is 0.0640. The lowest BCUT2D eigenvalue weighted by Crippen LogP contribution is -2.00. The van der Waals surface area contributed by atoms with Crippen molar-refractivity contribution in [1.29, 1.82) is 0 Å². The summed E-state index contributed by atoms with van der Waals surface area (Å²) in [5.74, 6) is -0.231. The van der Waals surface area contributed by atoms with Gasteiger partial charge in [-0.2, -0.15) is 0 Å². The van der Waals surface area contributed by atoms with Gasteiger partial charge < -0.3 is 15.1 Å². The van der Waals surface area contributed by atoms with Crippen molar-refractivity contribution in [2.75, 3.05) is 5.73 Å². The van der Waals surface area contributed by atoms with E-state index in [9.17, 15) is 0 Å². The summed E-state index contributed by atoms with van der Waals surface area (Å²) in [5, 5.41) is 7.58. The van der Waals surface area contributed by atoms with Gasteiger partial charge in [0.2, 0.25) is 5.89 Å². The van der Waals surface area contributed by atoms with Crippen molar-refractivity contribution in [3.63, 3.8) is 0 Å². The second-order valence-corrected chi connectivity index (χ2v) is 6.62. The van der Waals surface area contributed by atoms with E-state index in [4.69, 9.17) is 10.2 Å². The summed E-state index contributed by atoms with van der Waals surface area (Å²) in [5.41, 5.74) is 9.34. The lowest BCUT2D eigenvalue weighted by Gasteiger charge is -2.11. The standard InChI is InChI=1S/C17H13BrFN5O/c1-8-4-10(18)3-2-9(8)5-11-12(16-23-24-17(20)25-16)6-13-15(14(11)19)22-7-21-13/h2-4,6-7H,5H2,1H3,(H2,20,24)(H,21,22). The summed E-state index contributed by atoms with van der Waals surface area (Å²) < 4.78 is 21.4. The Kier molecular flexibility index (Phi) is 3.76. The first-order valence-corrected chi connectivity index (χ1v) is 8.31. The maximum atomic E-state index is 15.1. The number of aromatic nitrogens is 4. The van der Waals surface area contributed by atoms with Crippen molar-refractivity contribution >= 4 is 33.0 Å². The molecular formula is C17H13BrFN5O. The van der Waals surface area contributed by atoms with Crippen molar-refractivity contribution in [2.45, 2.75) is 13.3 Å². The van der Waals surface area contributed by atoms with Gasteiger partial charge in [0.15, 0.2) is 5.82 Å². The molecule has 25 heavy (non-hydrogen) atoms. The summed E-state index contributed by atoms with van der Waals surface area (Å²) in [6.07, 6.45) is 1.82. The monoisotopic (exact) mass is 401 g/mol. The van der Waals surface area contributed by atoms with Gasteiger partial charge in [-0.05, 0) is 36.2 Å². The normalized spacial score (nSPS) is 11.3. The molecule has 0 saturated heterocycles. The van der Waals surface area contributed by atoms with Crippen LogP contribution in [0.4, 0.5) is 10.4 Å². The third-order valence-corrected chi connectivity index (χ3v) is 4.59. The first-order chi connectivity index (χ1) is 12.0. The van der Waals surface area contributed by atoms with E-state index in [2.05, 4.69) is 36.1 Å². The van der Waals surface area contributed by atoms with E-state index >= 15 is 4.39 Å². The number of hydrogen-bond acceptors (Lipinski definition) is 5. The molecule has 0 spiro atoms. The number of benzene rings is 2. The van der Waals surface area contributed by atoms with Gasteiger partial charge in [0.1, 0.15) is 5.52 Å². The van der Waals surface area contributed by atoms with Crippen LogP contribution in [-0.4, -0.2) is 20.2 Å². The predicted octanol–water partition coefficient (Wildman–Crippen LogP) is 4.00. The number of hydrogen-bond donors (Lipinski definition) is 2. The molecule has 0 radical (unpaired) electrons. The summed E-state index contributed by atoms with van der Waals surface area (Å²) in [7, 11) is 0. The number of anilines is 1. The number of halogens is 2. The highest BCUT2D eigenvalue weighted by Crippen LogP contribution is 2.32. The van der Waals surface area contributed by atoms with Crippen LogP contribution in [0.25, 0.3) is 22.5 Å². The molecule has 8 heteroatoms. The number of fused-ring (bicyclic) bond motifs is 1. The predicted molar refractivity (Wildman–Crippen MR) is 95.4 cm³/mol. The van der Waals surface area contributed by atoms with Crippen LogP contribution < -0.4 is 5.73 Å². The molecule has 2 heterocycles. The fourth-order valence-electron chi connectivity index (χ4n) is 2.84. The van der Waals surface area contributed by atoms with Gasteiger partial charge >= 0.3 is 6.01 Å². The molecule has 4 aromatic rings. The van der Waals surface area contributed by atoms with E-state index in [0.717, 1.165) is 15.6 Å². The number of nitrogens with one attached hydrogen (secondary N) is 1. The van der Waals surface area contributed by atoms with Crippen LogP contribution in [0.2, 0.25) is 0 Å². The molecule has 0 aliphatic heterocycles. The molecule has 0 saturated carbocycles. The highest BCUT2D eigenvalue weighted by atomic mass is 79.9. The van der Waals surface area contributed by atoms with E-state index in [1.54, 1.807) is 6.07 Å². The maximum Gasteiger partial charge on any atom is 0.313 e. The summed E-state index contributed by atoms with van der Waals surface area (Å²) >= 11 is 3.44. The molecule has 3 N–H and O–H groups in total. The Bertz CT molecular complexity index is 1090. The molecule has 0 unspecified atom stereocenters. The Morgan fingerprint density at radius 3 is 2.84 bits per heavy atom. The number of rotatable bonds is 3. The highest BCUT2D eigenvalue weighted by molar-refractivity contribution is 9.10. The first kappa shape index (κ1) is 15.8. The van der Waals surface area contributed by atoms with Crippen LogP contribution in [0.5, 0.6) is 0 Å². The topological polar surface area (TPSA) is 93.6 Å². The third-order valence-electron chi connectivity index (χ3n) is 4.10. The summed E-state index contributed by atoms with van der Waals surface area (Å²) in [6, 6.07) is 7.56. The molecule has 4 rings (SSSR count). The Balaban J connectivity index is 1.92. The minimum Gasteiger partial charge on any atom is -0.404 e. The maximum absolute atomic E-state index is 15.1. The molecule has 0 fully saturated rings. The zero-order chi connectivity index (χ0) is 17.6. The molecule has 2 aromatic carbocycles. The van der Waals surface area contributed by atoms with Gasteiger partial charge in [-0.25, -0.2) is 9.37 Å². The molecular weight excluding hydrogens is 389 g/mol. The van der Waals surface area contributed by atoms with E-state index < -0.39 is 5.82 Å². The molecule has 0 amide bonds. The van der Waals surface area contributed by atoms with Crippen molar-refractivity contribution in [3.8, 4) is 11.5 Å². The average molecular weight is 402 g/mol. The number of H-pyrrole nitrogens is 1. The number of aryl methyl sites for hydroxylation is 1. The Morgan fingerprint density at radius 1 is 1.28 bits per heavy atom. The Labute approximate surface area is 150 Å². The third kappa shape index (κ3) is 2.78. The van der Waals surface area contributed by atoms with Crippen LogP contribution in [0.3, 0.4) is 0 Å². The zero-order valence-corrected chi connectivity index (χ0v) is 14.8. The summed E-state index contributed by atoms with van der Waals surface area (Å²) in [6.45, 7) is 1.98. The van der Waals surface area contributed by atoms with Gasteiger partial charge in [0.25, 0.3) is 0 Å². The zero-order valence-electron chi connectivity index (χ0n) is 13.2. The largest absolute Gasteiger partial charge is 0.404 e. The first-order valence-electron chi connectivity index (χ1n) is 7.52.